The molecule has 2 aliphatic rings. The summed E-state index contributed by atoms with van der Waals surface area (Å²) in [6, 6.07) is 5.53. The van der Waals surface area contributed by atoms with Crippen molar-refractivity contribution in [3.05, 3.63) is 35.9 Å². The number of hydrogen-bond donors (Lipinski definition) is 1. The summed E-state index contributed by atoms with van der Waals surface area (Å²) in [4.78, 5) is 12.1. The van der Waals surface area contributed by atoms with E-state index < -0.39 is 0 Å². The van der Waals surface area contributed by atoms with Crippen molar-refractivity contribution in [1.82, 2.24) is 0 Å². The Morgan fingerprint density at radius 2 is 2.20 bits per heavy atom. The van der Waals surface area contributed by atoms with Crippen molar-refractivity contribution in [3.63, 3.8) is 0 Å². The first-order chi connectivity index (χ1) is 9.69. The first kappa shape index (κ1) is 13.2. The quantitative estimate of drug-likeness (QED) is 0.919. The van der Waals surface area contributed by atoms with Crippen LogP contribution in [-0.4, -0.2) is 18.0 Å². The van der Waals surface area contributed by atoms with Crippen LogP contribution in [0.4, 0.5) is 0 Å². The molecule has 1 fully saturated rings. The number of methoxy groups -OCH3 is 1. The summed E-state index contributed by atoms with van der Waals surface area (Å²) in [5.74, 6) is 2.09. The molecular formula is C17H20O3. The number of ether oxygens (including phenoxy) is 1. The third-order valence-corrected chi connectivity index (χ3v) is 4.71. The van der Waals surface area contributed by atoms with Crippen LogP contribution in [0.5, 0.6) is 11.5 Å². The predicted octanol–water partition coefficient (Wildman–Crippen LogP) is 3.11. The fourth-order valence-electron chi connectivity index (χ4n) is 3.77. The molecule has 3 nitrogen and oxygen atoms in total. The fraction of sp³-hybridized carbons (Fsp3) is 0.471. The van der Waals surface area contributed by atoms with Gasteiger partial charge in [-0.2, -0.15) is 0 Å². The maximum Gasteiger partial charge on any atom is 0.160 e. The van der Waals surface area contributed by atoms with Gasteiger partial charge < -0.3 is 9.84 Å². The number of allylic oxidation sites excluding steroid dienone is 2. The van der Waals surface area contributed by atoms with Crippen LogP contribution in [0.25, 0.3) is 0 Å². The standard InChI is InChI=1S/C17H20O3/c1-20-16-8-5-11(10-15(16)19)9-13-7-6-12-3-2-4-14(18)17(12)13/h2,4-5,8,10,12-13,17,19H,3,6-7,9H2,1H3/t12-,13-,17-/m0/s1. The van der Waals surface area contributed by atoms with E-state index in [-0.39, 0.29) is 11.7 Å². The molecule has 3 rings (SSSR count). The van der Waals surface area contributed by atoms with E-state index in [2.05, 4.69) is 0 Å². The van der Waals surface area contributed by atoms with E-state index in [4.69, 9.17) is 4.74 Å². The summed E-state index contributed by atoms with van der Waals surface area (Å²) in [7, 11) is 1.54. The van der Waals surface area contributed by atoms with Crippen LogP contribution < -0.4 is 4.74 Å². The molecule has 1 aromatic rings. The van der Waals surface area contributed by atoms with Crippen LogP contribution in [0.15, 0.2) is 30.4 Å². The Bertz CT molecular complexity index is 547. The van der Waals surface area contributed by atoms with Crippen molar-refractivity contribution >= 4 is 5.78 Å². The van der Waals surface area contributed by atoms with Crippen molar-refractivity contribution < 1.29 is 14.6 Å². The third kappa shape index (κ3) is 2.33. The van der Waals surface area contributed by atoms with Gasteiger partial charge in [0.2, 0.25) is 0 Å². The van der Waals surface area contributed by atoms with Crippen molar-refractivity contribution in [2.75, 3.05) is 7.11 Å². The predicted molar refractivity (Wildman–Crippen MR) is 76.8 cm³/mol. The van der Waals surface area contributed by atoms with Gasteiger partial charge in [0.05, 0.1) is 7.11 Å². The highest BCUT2D eigenvalue weighted by Crippen LogP contribution is 2.44. The van der Waals surface area contributed by atoms with Gasteiger partial charge in [-0.05, 0) is 61.3 Å². The highest BCUT2D eigenvalue weighted by Gasteiger charge is 2.40. The minimum atomic E-state index is 0.175. The Morgan fingerprint density at radius 3 is 2.95 bits per heavy atom. The Kier molecular flexibility index (Phi) is 3.51. The molecule has 2 aliphatic carbocycles. The maximum atomic E-state index is 12.1. The Balaban J connectivity index is 1.76. The summed E-state index contributed by atoms with van der Waals surface area (Å²) in [5.41, 5.74) is 1.08. The summed E-state index contributed by atoms with van der Waals surface area (Å²) in [6.45, 7) is 0. The second-order valence-corrected chi connectivity index (χ2v) is 5.87. The Morgan fingerprint density at radius 1 is 1.35 bits per heavy atom. The number of hydrogen-bond acceptors (Lipinski definition) is 3. The highest BCUT2D eigenvalue weighted by atomic mass is 16.5. The molecule has 0 bridgehead atoms. The number of ketones is 1. The van der Waals surface area contributed by atoms with E-state index in [0.717, 1.165) is 31.2 Å². The van der Waals surface area contributed by atoms with Crippen LogP contribution in [-0.2, 0) is 11.2 Å². The first-order valence-electron chi connectivity index (χ1n) is 7.25. The number of phenolic OH excluding ortho intramolecular Hbond substituents is 1. The SMILES string of the molecule is COc1ccc(C[C@@H]2CC[C@@H]3CC=CC(=O)[C@@H]32)cc1O. The molecule has 1 saturated carbocycles. The first-order valence-corrected chi connectivity index (χ1v) is 7.25. The second kappa shape index (κ2) is 5.31. The zero-order valence-electron chi connectivity index (χ0n) is 11.7. The van der Waals surface area contributed by atoms with Gasteiger partial charge in [0.1, 0.15) is 0 Å². The van der Waals surface area contributed by atoms with Gasteiger partial charge in [0.15, 0.2) is 17.3 Å². The Labute approximate surface area is 119 Å². The minimum Gasteiger partial charge on any atom is -0.504 e. The normalized spacial score (nSPS) is 28.4. The molecule has 3 heteroatoms. The lowest BCUT2D eigenvalue weighted by molar-refractivity contribution is -0.120. The average Bonchev–Trinajstić information content (AvgIpc) is 2.84. The lowest BCUT2D eigenvalue weighted by atomic mass is 9.78. The Hall–Kier alpha value is -1.77. The molecule has 0 spiro atoms. The van der Waals surface area contributed by atoms with Gasteiger partial charge in [-0.15, -0.1) is 0 Å². The van der Waals surface area contributed by atoms with Crippen LogP contribution in [0, 0.1) is 17.8 Å². The van der Waals surface area contributed by atoms with Crippen LogP contribution >= 0.6 is 0 Å². The van der Waals surface area contributed by atoms with Crippen LogP contribution in [0.1, 0.15) is 24.8 Å². The van der Waals surface area contributed by atoms with Crippen molar-refractivity contribution in [3.8, 4) is 11.5 Å². The summed E-state index contributed by atoms with van der Waals surface area (Å²) in [5, 5.41) is 9.85. The number of carbonyl (C=O) groups excluding carboxylic acids is 1. The number of phenols is 1. The van der Waals surface area contributed by atoms with E-state index >= 15 is 0 Å². The molecule has 20 heavy (non-hydrogen) atoms. The number of rotatable bonds is 3. The molecule has 1 N–H and O–H groups in total. The lowest BCUT2D eigenvalue weighted by Crippen LogP contribution is -2.26. The zero-order chi connectivity index (χ0) is 14.1. The fourth-order valence-corrected chi connectivity index (χ4v) is 3.77. The van der Waals surface area contributed by atoms with Gasteiger partial charge in [-0.1, -0.05) is 12.1 Å². The van der Waals surface area contributed by atoms with E-state index in [1.165, 1.54) is 0 Å². The highest BCUT2D eigenvalue weighted by molar-refractivity contribution is 5.93. The maximum absolute atomic E-state index is 12.1. The largest absolute Gasteiger partial charge is 0.504 e. The molecule has 3 atom stereocenters. The molecule has 0 unspecified atom stereocenters. The van der Waals surface area contributed by atoms with Crippen LogP contribution in [0.3, 0.4) is 0 Å². The molecule has 0 aromatic heterocycles. The molecule has 0 amide bonds. The summed E-state index contributed by atoms with van der Waals surface area (Å²) >= 11 is 0. The number of carbonyl (C=O) groups is 1. The van der Waals surface area contributed by atoms with Crippen molar-refractivity contribution in [2.45, 2.75) is 25.7 Å². The van der Waals surface area contributed by atoms with Gasteiger partial charge in [-0.3, -0.25) is 4.79 Å². The topological polar surface area (TPSA) is 46.5 Å². The van der Waals surface area contributed by atoms with Gasteiger partial charge in [-0.25, -0.2) is 0 Å². The molecular weight excluding hydrogens is 252 g/mol. The molecule has 0 aliphatic heterocycles. The van der Waals surface area contributed by atoms with E-state index in [9.17, 15) is 9.90 Å². The molecule has 0 heterocycles. The van der Waals surface area contributed by atoms with E-state index in [1.54, 1.807) is 25.3 Å². The zero-order valence-corrected chi connectivity index (χ0v) is 11.7. The summed E-state index contributed by atoms with van der Waals surface area (Å²) in [6.07, 6.45) is 7.93. The van der Waals surface area contributed by atoms with Crippen molar-refractivity contribution in [1.29, 1.82) is 0 Å². The molecule has 0 radical (unpaired) electrons. The minimum absolute atomic E-state index is 0.175. The number of aromatic hydroxyl groups is 1. The monoisotopic (exact) mass is 272 g/mol. The lowest BCUT2D eigenvalue weighted by Gasteiger charge is -2.24. The molecule has 0 saturated heterocycles. The summed E-state index contributed by atoms with van der Waals surface area (Å²) < 4.78 is 5.06. The van der Waals surface area contributed by atoms with E-state index in [0.29, 0.717) is 23.4 Å². The smallest absolute Gasteiger partial charge is 0.160 e. The third-order valence-electron chi connectivity index (χ3n) is 4.71. The second-order valence-electron chi connectivity index (χ2n) is 5.87. The number of benzene rings is 1. The number of fused-ring (bicyclic) bond motifs is 1. The van der Waals surface area contributed by atoms with Crippen LogP contribution in [0.2, 0.25) is 0 Å². The molecule has 106 valence electrons. The van der Waals surface area contributed by atoms with Gasteiger partial charge in [0.25, 0.3) is 0 Å². The van der Waals surface area contributed by atoms with Crippen molar-refractivity contribution in [2.24, 2.45) is 17.8 Å². The van der Waals surface area contributed by atoms with Gasteiger partial charge >= 0.3 is 0 Å². The molecule has 1 aromatic carbocycles. The average molecular weight is 272 g/mol. The van der Waals surface area contributed by atoms with Gasteiger partial charge in [0, 0.05) is 5.92 Å². The van der Waals surface area contributed by atoms with E-state index in [1.807, 2.05) is 12.1 Å².